The number of nitrogens with zero attached hydrogens (tertiary/aromatic N) is 5. The topological polar surface area (TPSA) is 71.2 Å². The third-order valence-electron chi connectivity index (χ3n) is 3.37. The van der Waals surface area contributed by atoms with Gasteiger partial charge >= 0.3 is 0 Å². The van der Waals surface area contributed by atoms with E-state index in [2.05, 4.69) is 26.8 Å². The number of rotatable bonds is 3. The second-order valence-electron chi connectivity index (χ2n) is 5.02. The van der Waals surface area contributed by atoms with Crippen LogP contribution in [0, 0.1) is 0 Å². The van der Waals surface area contributed by atoms with Crippen molar-refractivity contribution in [1.29, 1.82) is 0 Å². The van der Waals surface area contributed by atoms with Crippen LogP contribution in [0.25, 0.3) is 0 Å². The Balaban J connectivity index is 2.20. The maximum atomic E-state index is 5.76. The molecular weight excluding hydrogens is 228 g/mol. The fourth-order valence-electron chi connectivity index (χ4n) is 2.25. The normalized spacial score (nSPS) is 18.6. The van der Waals surface area contributed by atoms with Gasteiger partial charge in [0.25, 0.3) is 0 Å². The summed E-state index contributed by atoms with van der Waals surface area (Å²) in [5.41, 5.74) is 5.76. The molecule has 0 unspecified atom stereocenters. The van der Waals surface area contributed by atoms with Gasteiger partial charge in [-0.3, -0.25) is 4.90 Å². The van der Waals surface area contributed by atoms with Crippen LogP contribution in [0.3, 0.4) is 0 Å². The molecule has 1 aliphatic rings. The molecule has 1 aromatic rings. The molecule has 0 aliphatic carbocycles. The van der Waals surface area contributed by atoms with Gasteiger partial charge in [-0.05, 0) is 32.9 Å². The Morgan fingerprint density at radius 3 is 2.39 bits per heavy atom. The van der Waals surface area contributed by atoms with Crippen LogP contribution >= 0.6 is 0 Å². The molecule has 0 aromatic carbocycles. The Kier molecular flexibility index (Phi) is 3.96. The number of piperidine rings is 1. The van der Waals surface area contributed by atoms with Crippen LogP contribution in [0.15, 0.2) is 0 Å². The second kappa shape index (κ2) is 5.48. The first-order chi connectivity index (χ1) is 8.58. The molecule has 0 spiro atoms. The van der Waals surface area contributed by atoms with Gasteiger partial charge in [0.2, 0.25) is 11.9 Å². The lowest BCUT2D eigenvalue weighted by Crippen LogP contribution is -2.33. The fraction of sp³-hybridized carbons (Fsp3) is 0.750. The minimum atomic E-state index is 0.203. The Labute approximate surface area is 108 Å². The average Bonchev–Trinajstić information content (AvgIpc) is 2.38. The van der Waals surface area contributed by atoms with Crippen molar-refractivity contribution < 1.29 is 0 Å². The van der Waals surface area contributed by atoms with Crippen molar-refractivity contribution in [2.45, 2.75) is 32.2 Å². The van der Waals surface area contributed by atoms with Crippen molar-refractivity contribution in [2.75, 3.05) is 37.8 Å². The lowest BCUT2D eigenvalue weighted by Gasteiger charge is -2.31. The first-order valence-electron chi connectivity index (χ1n) is 6.51. The zero-order valence-electron chi connectivity index (χ0n) is 11.4. The van der Waals surface area contributed by atoms with Crippen molar-refractivity contribution in [1.82, 2.24) is 19.9 Å². The van der Waals surface area contributed by atoms with Gasteiger partial charge in [0.15, 0.2) is 5.82 Å². The number of aromatic nitrogens is 3. The largest absolute Gasteiger partial charge is 0.368 e. The van der Waals surface area contributed by atoms with E-state index < -0.39 is 0 Å². The molecule has 0 radical (unpaired) electrons. The third-order valence-corrected chi connectivity index (χ3v) is 3.37. The zero-order chi connectivity index (χ0) is 13.1. The smallest absolute Gasteiger partial charge is 0.229 e. The number of nitrogens with two attached hydrogens (primary N) is 1. The van der Waals surface area contributed by atoms with Crippen LogP contribution in [0.5, 0.6) is 0 Å². The van der Waals surface area contributed by atoms with Gasteiger partial charge in [0, 0.05) is 14.1 Å². The highest BCUT2D eigenvalue weighted by Gasteiger charge is 2.21. The van der Waals surface area contributed by atoms with Crippen LogP contribution < -0.4 is 10.6 Å². The molecule has 2 rings (SSSR count). The van der Waals surface area contributed by atoms with E-state index >= 15 is 0 Å². The van der Waals surface area contributed by atoms with E-state index in [1.54, 1.807) is 0 Å². The van der Waals surface area contributed by atoms with E-state index in [9.17, 15) is 0 Å². The summed E-state index contributed by atoms with van der Waals surface area (Å²) in [6.07, 6.45) is 3.84. The van der Waals surface area contributed by atoms with Gasteiger partial charge in [-0.15, -0.1) is 0 Å². The standard InChI is InChI=1S/C12H22N6/c1-9(18-7-5-4-6-8-18)10-14-11(13)16-12(15-10)17(2)3/h9H,4-8H2,1-3H3,(H2,13,14,15,16)/t9-/m1/s1. The van der Waals surface area contributed by atoms with Crippen molar-refractivity contribution in [3.63, 3.8) is 0 Å². The molecule has 2 heterocycles. The van der Waals surface area contributed by atoms with E-state index in [-0.39, 0.29) is 6.04 Å². The summed E-state index contributed by atoms with van der Waals surface area (Å²) < 4.78 is 0. The molecule has 1 fully saturated rings. The predicted molar refractivity (Wildman–Crippen MR) is 72.4 cm³/mol. The van der Waals surface area contributed by atoms with Crippen LogP contribution in [-0.4, -0.2) is 47.0 Å². The van der Waals surface area contributed by atoms with Gasteiger partial charge in [-0.2, -0.15) is 15.0 Å². The predicted octanol–water partition coefficient (Wildman–Crippen LogP) is 1.07. The molecule has 1 aromatic heterocycles. The molecular formula is C12H22N6. The maximum Gasteiger partial charge on any atom is 0.229 e. The summed E-state index contributed by atoms with van der Waals surface area (Å²) >= 11 is 0. The molecule has 100 valence electrons. The molecule has 6 nitrogen and oxygen atoms in total. The summed E-state index contributed by atoms with van der Waals surface area (Å²) in [4.78, 5) is 17.2. The Hall–Kier alpha value is -1.43. The Morgan fingerprint density at radius 1 is 1.11 bits per heavy atom. The van der Waals surface area contributed by atoms with E-state index in [1.807, 2.05) is 19.0 Å². The summed E-state index contributed by atoms with van der Waals surface area (Å²) in [6, 6.07) is 0.203. The summed E-state index contributed by atoms with van der Waals surface area (Å²) in [5, 5.41) is 0. The van der Waals surface area contributed by atoms with Crippen molar-refractivity contribution >= 4 is 11.9 Å². The minimum Gasteiger partial charge on any atom is -0.368 e. The summed E-state index contributed by atoms with van der Waals surface area (Å²) in [6.45, 7) is 4.37. The molecule has 2 N–H and O–H groups in total. The number of anilines is 2. The number of hydrogen-bond acceptors (Lipinski definition) is 6. The van der Waals surface area contributed by atoms with E-state index in [4.69, 9.17) is 5.73 Å². The maximum absolute atomic E-state index is 5.76. The van der Waals surface area contributed by atoms with Crippen LogP contribution in [-0.2, 0) is 0 Å². The monoisotopic (exact) mass is 250 g/mol. The van der Waals surface area contributed by atoms with E-state index in [0.717, 1.165) is 18.9 Å². The van der Waals surface area contributed by atoms with Gasteiger partial charge in [-0.25, -0.2) is 0 Å². The van der Waals surface area contributed by atoms with Gasteiger partial charge in [-0.1, -0.05) is 6.42 Å². The quantitative estimate of drug-likeness (QED) is 0.865. The molecule has 1 saturated heterocycles. The molecule has 0 bridgehead atoms. The fourth-order valence-corrected chi connectivity index (χ4v) is 2.25. The first-order valence-corrected chi connectivity index (χ1v) is 6.51. The molecule has 6 heteroatoms. The van der Waals surface area contributed by atoms with Crippen molar-refractivity contribution in [3.05, 3.63) is 5.82 Å². The summed E-state index contributed by atoms with van der Waals surface area (Å²) in [5.74, 6) is 1.70. The highest BCUT2D eigenvalue weighted by Crippen LogP contribution is 2.22. The molecule has 1 atom stereocenters. The number of likely N-dealkylation sites (tertiary alicyclic amines) is 1. The van der Waals surface area contributed by atoms with Crippen molar-refractivity contribution in [2.24, 2.45) is 0 Å². The number of hydrogen-bond donors (Lipinski definition) is 1. The Bertz CT molecular complexity index is 400. The van der Waals surface area contributed by atoms with Crippen molar-refractivity contribution in [3.8, 4) is 0 Å². The first kappa shape index (κ1) is 13.0. The highest BCUT2D eigenvalue weighted by molar-refractivity contribution is 5.33. The number of nitrogen functional groups attached to an aromatic ring is 1. The lowest BCUT2D eigenvalue weighted by atomic mass is 10.1. The van der Waals surface area contributed by atoms with Crippen LogP contribution in [0.1, 0.15) is 38.1 Å². The molecule has 1 aliphatic heterocycles. The SMILES string of the molecule is C[C@H](c1nc(N)nc(N(C)C)n1)N1CCCCC1. The second-order valence-corrected chi connectivity index (χ2v) is 5.02. The van der Waals surface area contributed by atoms with Crippen LogP contribution in [0.2, 0.25) is 0 Å². The Morgan fingerprint density at radius 2 is 1.78 bits per heavy atom. The molecule has 0 saturated carbocycles. The summed E-state index contributed by atoms with van der Waals surface area (Å²) in [7, 11) is 3.81. The lowest BCUT2D eigenvalue weighted by molar-refractivity contribution is 0.169. The van der Waals surface area contributed by atoms with E-state index in [0.29, 0.717) is 11.9 Å². The van der Waals surface area contributed by atoms with Gasteiger partial charge < -0.3 is 10.6 Å². The zero-order valence-corrected chi connectivity index (χ0v) is 11.4. The van der Waals surface area contributed by atoms with Gasteiger partial charge in [0.05, 0.1) is 6.04 Å². The third kappa shape index (κ3) is 2.87. The highest BCUT2D eigenvalue weighted by atomic mass is 15.3. The van der Waals surface area contributed by atoms with Crippen LogP contribution in [0.4, 0.5) is 11.9 Å². The average molecular weight is 250 g/mol. The molecule has 18 heavy (non-hydrogen) atoms. The van der Waals surface area contributed by atoms with Gasteiger partial charge in [0.1, 0.15) is 0 Å². The molecule has 0 amide bonds. The minimum absolute atomic E-state index is 0.203. The van der Waals surface area contributed by atoms with E-state index in [1.165, 1.54) is 19.3 Å².